The van der Waals surface area contributed by atoms with E-state index in [4.69, 9.17) is 4.99 Å². The van der Waals surface area contributed by atoms with Gasteiger partial charge in [-0.1, -0.05) is 18.2 Å². The lowest BCUT2D eigenvalue weighted by Crippen LogP contribution is -2.38. The van der Waals surface area contributed by atoms with E-state index in [9.17, 15) is 0 Å². The van der Waals surface area contributed by atoms with Crippen LogP contribution in [0.2, 0.25) is 0 Å². The van der Waals surface area contributed by atoms with Crippen molar-refractivity contribution in [3.63, 3.8) is 0 Å². The van der Waals surface area contributed by atoms with Crippen LogP contribution in [0.25, 0.3) is 11.1 Å². The van der Waals surface area contributed by atoms with Gasteiger partial charge in [0.05, 0.1) is 11.4 Å². The summed E-state index contributed by atoms with van der Waals surface area (Å²) in [5.74, 6) is 1.07. The fraction of sp³-hybridized carbons (Fsp3) is 0.353. The largest absolute Gasteiger partial charge is 0.372 e. The average molecular weight is 278 g/mol. The topological polar surface area (TPSA) is 50.2 Å². The summed E-state index contributed by atoms with van der Waals surface area (Å²) >= 11 is 0. The van der Waals surface area contributed by atoms with Crippen molar-refractivity contribution < 1.29 is 0 Å². The van der Waals surface area contributed by atoms with E-state index < -0.39 is 0 Å². The molecule has 0 saturated carbocycles. The minimum absolute atomic E-state index is 0.0445. The van der Waals surface area contributed by atoms with Gasteiger partial charge in [0, 0.05) is 30.9 Å². The van der Waals surface area contributed by atoms with Crippen LogP contribution in [0.5, 0.6) is 0 Å². The molecule has 0 bridgehead atoms. The Morgan fingerprint density at radius 3 is 2.81 bits per heavy atom. The first-order valence-electron chi connectivity index (χ1n) is 7.42. The number of fused-ring (bicyclic) bond motifs is 1. The Kier molecular flexibility index (Phi) is 2.77. The first kappa shape index (κ1) is 12.5. The molecule has 1 aliphatic heterocycles. The molecule has 0 saturated heterocycles. The smallest absolute Gasteiger partial charge is 0.115 e. The summed E-state index contributed by atoms with van der Waals surface area (Å²) in [6, 6.07) is 6.56. The van der Waals surface area contributed by atoms with E-state index >= 15 is 0 Å². The summed E-state index contributed by atoms with van der Waals surface area (Å²) in [5.41, 5.74) is 5.26. The van der Waals surface area contributed by atoms with Gasteiger partial charge in [0.15, 0.2) is 0 Å². The summed E-state index contributed by atoms with van der Waals surface area (Å²) in [5, 5.41) is 3.40. The first-order chi connectivity index (χ1) is 10.3. The van der Waals surface area contributed by atoms with Crippen LogP contribution in [0.15, 0.2) is 41.9 Å². The van der Waals surface area contributed by atoms with E-state index in [1.54, 1.807) is 6.33 Å². The Morgan fingerprint density at radius 2 is 2.05 bits per heavy atom. The molecule has 1 aromatic carbocycles. The average Bonchev–Trinajstić information content (AvgIpc) is 2.88. The molecule has 4 rings (SSSR count). The molecule has 2 aromatic rings. The van der Waals surface area contributed by atoms with Crippen molar-refractivity contribution in [3.05, 3.63) is 48.0 Å². The Balaban J connectivity index is 1.80. The molecule has 4 heteroatoms. The van der Waals surface area contributed by atoms with E-state index in [1.807, 2.05) is 12.4 Å². The number of hydrogen-bond donors (Lipinski definition) is 1. The third-order valence-corrected chi connectivity index (χ3v) is 4.59. The molecule has 1 N–H and O–H groups in total. The molecule has 0 radical (unpaired) electrons. The summed E-state index contributed by atoms with van der Waals surface area (Å²) < 4.78 is 0. The summed E-state index contributed by atoms with van der Waals surface area (Å²) in [4.78, 5) is 13.2. The molecule has 2 heterocycles. The van der Waals surface area contributed by atoms with Crippen LogP contribution in [0.4, 0.5) is 0 Å². The minimum atomic E-state index is 0.0445. The highest BCUT2D eigenvalue weighted by molar-refractivity contribution is 5.82. The molecule has 0 fully saturated rings. The number of hydrogen-bond acceptors (Lipinski definition) is 4. The van der Waals surface area contributed by atoms with Crippen LogP contribution in [0.3, 0.4) is 0 Å². The predicted molar refractivity (Wildman–Crippen MR) is 83.3 cm³/mol. The van der Waals surface area contributed by atoms with E-state index in [1.165, 1.54) is 16.7 Å². The van der Waals surface area contributed by atoms with Crippen LogP contribution in [-0.2, 0) is 12.8 Å². The molecule has 106 valence electrons. The van der Waals surface area contributed by atoms with Crippen molar-refractivity contribution in [2.75, 3.05) is 6.54 Å². The molecule has 0 amide bonds. The highest BCUT2D eigenvalue weighted by Gasteiger charge is 2.38. The Morgan fingerprint density at radius 1 is 1.19 bits per heavy atom. The first-order valence-corrected chi connectivity index (χ1v) is 7.42. The second-order valence-corrected chi connectivity index (χ2v) is 6.02. The second-order valence-electron chi connectivity index (χ2n) is 6.02. The Labute approximate surface area is 124 Å². The van der Waals surface area contributed by atoms with Crippen molar-refractivity contribution >= 4 is 5.84 Å². The number of benzene rings is 1. The zero-order valence-corrected chi connectivity index (χ0v) is 12.1. The summed E-state index contributed by atoms with van der Waals surface area (Å²) in [6.07, 6.45) is 8.58. The normalized spacial score (nSPS) is 23.6. The lowest BCUT2D eigenvalue weighted by Gasteiger charge is -2.32. The summed E-state index contributed by atoms with van der Waals surface area (Å²) in [7, 11) is 0. The van der Waals surface area contributed by atoms with Gasteiger partial charge in [-0.15, -0.1) is 0 Å². The molecule has 1 aromatic heterocycles. The molecule has 1 spiro atoms. The van der Waals surface area contributed by atoms with Crippen molar-refractivity contribution in [1.29, 1.82) is 0 Å². The molecule has 1 unspecified atom stereocenters. The Hall–Kier alpha value is -2.23. The van der Waals surface area contributed by atoms with Crippen LogP contribution < -0.4 is 5.32 Å². The number of aliphatic imine (C=N–C) groups is 1. The molecule has 1 aliphatic carbocycles. The van der Waals surface area contributed by atoms with Gasteiger partial charge in [-0.25, -0.2) is 9.97 Å². The van der Waals surface area contributed by atoms with E-state index in [2.05, 4.69) is 40.4 Å². The van der Waals surface area contributed by atoms with Gasteiger partial charge in [-0.05, 0) is 36.5 Å². The maximum atomic E-state index is 4.89. The van der Waals surface area contributed by atoms with E-state index in [-0.39, 0.29) is 5.54 Å². The van der Waals surface area contributed by atoms with Gasteiger partial charge in [-0.3, -0.25) is 4.99 Å². The zero-order valence-electron chi connectivity index (χ0n) is 12.1. The van der Waals surface area contributed by atoms with Gasteiger partial charge >= 0.3 is 0 Å². The van der Waals surface area contributed by atoms with Gasteiger partial charge in [0.1, 0.15) is 6.33 Å². The van der Waals surface area contributed by atoms with Crippen molar-refractivity contribution in [3.8, 4) is 11.1 Å². The van der Waals surface area contributed by atoms with Gasteiger partial charge in [0.2, 0.25) is 0 Å². The predicted octanol–water partition coefficient (Wildman–Crippen LogP) is 2.39. The molecule has 1 atom stereocenters. The van der Waals surface area contributed by atoms with Crippen LogP contribution >= 0.6 is 0 Å². The summed E-state index contributed by atoms with van der Waals surface area (Å²) in [6.45, 7) is 3.01. The maximum absolute atomic E-state index is 4.89. The van der Waals surface area contributed by atoms with E-state index in [0.29, 0.717) is 0 Å². The fourth-order valence-corrected chi connectivity index (χ4v) is 3.54. The standard InChI is InChI=1S/C17H18N4/c1-12-20-10-17(21-12)6-5-13-3-2-4-15(16(13)7-17)14-8-18-11-19-9-14/h2-4,8-9,11H,5-7,10H2,1H3,(H,20,21). The number of nitrogens with zero attached hydrogens (tertiary/aromatic N) is 3. The van der Waals surface area contributed by atoms with Gasteiger partial charge in [-0.2, -0.15) is 0 Å². The SMILES string of the molecule is CC1=NC2(CCc3cccc(-c4cncnc4)c3C2)CN1. The number of amidine groups is 1. The quantitative estimate of drug-likeness (QED) is 0.871. The van der Waals surface area contributed by atoms with Crippen molar-refractivity contribution in [1.82, 2.24) is 15.3 Å². The number of rotatable bonds is 1. The van der Waals surface area contributed by atoms with Crippen LogP contribution in [0.1, 0.15) is 24.5 Å². The number of aryl methyl sites for hydroxylation is 1. The molecular formula is C17H18N4. The molecule has 4 nitrogen and oxygen atoms in total. The lowest BCUT2D eigenvalue weighted by molar-refractivity contribution is 0.395. The highest BCUT2D eigenvalue weighted by Crippen LogP contribution is 2.38. The third kappa shape index (κ3) is 2.11. The molecule has 21 heavy (non-hydrogen) atoms. The second kappa shape index (κ2) is 4.65. The third-order valence-electron chi connectivity index (χ3n) is 4.59. The highest BCUT2D eigenvalue weighted by atomic mass is 15.1. The molecular weight excluding hydrogens is 260 g/mol. The Bertz CT molecular complexity index is 708. The van der Waals surface area contributed by atoms with Crippen LogP contribution in [0, 0.1) is 0 Å². The monoisotopic (exact) mass is 278 g/mol. The van der Waals surface area contributed by atoms with Crippen LogP contribution in [-0.4, -0.2) is 27.9 Å². The van der Waals surface area contributed by atoms with Crippen molar-refractivity contribution in [2.24, 2.45) is 4.99 Å². The fourth-order valence-electron chi connectivity index (χ4n) is 3.54. The minimum Gasteiger partial charge on any atom is -0.372 e. The van der Waals surface area contributed by atoms with Gasteiger partial charge in [0.25, 0.3) is 0 Å². The number of nitrogens with one attached hydrogen (secondary N) is 1. The zero-order chi connectivity index (χ0) is 14.3. The number of aromatic nitrogens is 2. The molecule has 2 aliphatic rings. The maximum Gasteiger partial charge on any atom is 0.115 e. The lowest BCUT2D eigenvalue weighted by atomic mass is 9.76. The van der Waals surface area contributed by atoms with E-state index in [0.717, 1.165) is 37.2 Å². The van der Waals surface area contributed by atoms with Gasteiger partial charge < -0.3 is 5.32 Å². The van der Waals surface area contributed by atoms with Crippen molar-refractivity contribution in [2.45, 2.75) is 31.7 Å².